The molecule has 1 saturated heterocycles. The van der Waals surface area contributed by atoms with E-state index in [1.165, 1.54) is 0 Å². The van der Waals surface area contributed by atoms with Crippen LogP contribution < -0.4 is 0 Å². The third kappa shape index (κ3) is 3.12. The molecule has 4 heteroatoms. The summed E-state index contributed by atoms with van der Waals surface area (Å²) in [4.78, 5) is 0. The minimum absolute atomic E-state index is 0.263. The van der Waals surface area contributed by atoms with Crippen LogP contribution in [0.4, 0.5) is 0 Å². The maximum atomic E-state index is 10.3. The van der Waals surface area contributed by atoms with Crippen LogP contribution in [0.2, 0.25) is 0 Å². The van der Waals surface area contributed by atoms with Gasteiger partial charge in [-0.05, 0) is 38.2 Å². The Kier molecular flexibility index (Phi) is 4.78. The van der Waals surface area contributed by atoms with E-state index in [9.17, 15) is 5.11 Å². The number of aliphatic hydroxyl groups is 1. The van der Waals surface area contributed by atoms with Gasteiger partial charge in [0, 0.05) is 31.9 Å². The molecule has 0 spiro atoms. The van der Waals surface area contributed by atoms with Gasteiger partial charge in [-0.2, -0.15) is 5.10 Å². The minimum atomic E-state index is -0.263. The molecule has 18 heavy (non-hydrogen) atoms. The average Bonchev–Trinajstić information content (AvgIpc) is 2.82. The Labute approximate surface area is 109 Å². The maximum Gasteiger partial charge on any atom is 0.0625 e. The van der Waals surface area contributed by atoms with Crippen LogP contribution in [0.5, 0.6) is 0 Å². The summed E-state index contributed by atoms with van der Waals surface area (Å²) in [5, 5.41) is 14.9. The molecule has 0 bridgehead atoms. The van der Waals surface area contributed by atoms with Crippen molar-refractivity contribution in [3.05, 3.63) is 17.5 Å². The molecular weight excluding hydrogens is 228 g/mol. The highest BCUT2D eigenvalue weighted by atomic mass is 16.5. The van der Waals surface area contributed by atoms with Crippen LogP contribution in [0.3, 0.4) is 0 Å². The molecule has 1 aliphatic heterocycles. The van der Waals surface area contributed by atoms with Crippen LogP contribution in [0, 0.1) is 5.92 Å². The highest BCUT2D eigenvalue weighted by Gasteiger charge is 2.23. The SMILES string of the molecule is CCc1cc(CC(O)C2CCOCC2)n(CC)n1. The second kappa shape index (κ2) is 6.34. The van der Waals surface area contributed by atoms with E-state index in [4.69, 9.17) is 4.74 Å². The molecule has 1 fully saturated rings. The van der Waals surface area contributed by atoms with E-state index in [-0.39, 0.29) is 6.10 Å². The summed E-state index contributed by atoms with van der Waals surface area (Å²) >= 11 is 0. The lowest BCUT2D eigenvalue weighted by Crippen LogP contribution is -2.29. The molecule has 102 valence electrons. The zero-order valence-corrected chi connectivity index (χ0v) is 11.4. The minimum Gasteiger partial charge on any atom is -0.392 e. The number of aromatic nitrogens is 2. The highest BCUT2D eigenvalue weighted by molar-refractivity contribution is 5.11. The van der Waals surface area contributed by atoms with Crippen LogP contribution in [0.15, 0.2) is 6.07 Å². The second-order valence-electron chi connectivity index (χ2n) is 5.02. The van der Waals surface area contributed by atoms with Gasteiger partial charge in [0.25, 0.3) is 0 Å². The molecule has 0 amide bonds. The van der Waals surface area contributed by atoms with E-state index in [1.807, 2.05) is 4.68 Å². The Morgan fingerprint density at radius 1 is 1.44 bits per heavy atom. The Morgan fingerprint density at radius 3 is 2.78 bits per heavy atom. The van der Waals surface area contributed by atoms with Gasteiger partial charge in [0.1, 0.15) is 0 Å². The number of aryl methyl sites for hydroxylation is 2. The number of hydrogen-bond donors (Lipinski definition) is 1. The van der Waals surface area contributed by atoms with Crippen LogP contribution in [-0.4, -0.2) is 34.2 Å². The molecule has 0 radical (unpaired) electrons. The molecule has 4 nitrogen and oxygen atoms in total. The normalized spacial score (nSPS) is 19.1. The standard InChI is InChI=1S/C14H24N2O2/c1-3-12-9-13(16(4-2)15-12)10-14(17)11-5-7-18-8-6-11/h9,11,14,17H,3-8,10H2,1-2H3. The van der Waals surface area contributed by atoms with Crippen molar-refractivity contribution in [3.8, 4) is 0 Å². The van der Waals surface area contributed by atoms with Crippen molar-refractivity contribution < 1.29 is 9.84 Å². The van der Waals surface area contributed by atoms with Crippen molar-refractivity contribution in [1.82, 2.24) is 9.78 Å². The fourth-order valence-electron chi connectivity index (χ4n) is 2.61. The van der Waals surface area contributed by atoms with Gasteiger partial charge in [-0.3, -0.25) is 4.68 Å². The largest absolute Gasteiger partial charge is 0.392 e. The van der Waals surface area contributed by atoms with Gasteiger partial charge >= 0.3 is 0 Å². The molecule has 1 aromatic rings. The molecule has 0 saturated carbocycles. The van der Waals surface area contributed by atoms with E-state index < -0.39 is 0 Å². The van der Waals surface area contributed by atoms with E-state index in [0.29, 0.717) is 12.3 Å². The third-order valence-corrected chi connectivity index (χ3v) is 3.80. The lowest BCUT2D eigenvalue weighted by atomic mass is 9.91. The van der Waals surface area contributed by atoms with Gasteiger partial charge in [-0.1, -0.05) is 6.92 Å². The van der Waals surface area contributed by atoms with Gasteiger partial charge in [0.2, 0.25) is 0 Å². The van der Waals surface area contributed by atoms with Crippen molar-refractivity contribution in [2.75, 3.05) is 13.2 Å². The van der Waals surface area contributed by atoms with E-state index >= 15 is 0 Å². The zero-order valence-electron chi connectivity index (χ0n) is 11.4. The summed E-state index contributed by atoms with van der Waals surface area (Å²) in [6.45, 7) is 6.65. The van der Waals surface area contributed by atoms with E-state index in [2.05, 4.69) is 25.0 Å². The first-order valence-electron chi connectivity index (χ1n) is 7.06. The third-order valence-electron chi connectivity index (χ3n) is 3.80. The fourth-order valence-corrected chi connectivity index (χ4v) is 2.61. The van der Waals surface area contributed by atoms with Crippen molar-refractivity contribution in [2.24, 2.45) is 5.92 Å². The summed E-state index contributed by atoms with van der Waals surface area (Å²) in [7, 11) is 0. The lowest BCUT2D eigenvalue weighted by Gasteiger charge is -2.26. The summed E-state index contributed by atoms with van der Waals surface area (Å²) in [6, 6.07) is 2.13. The van der Waals surface area contributed by atoms with Gasteiger partial charge in [-0.15, -0.1) is 0 Å². The van der Waals surface area contributed by atoms with E-state index in [1.54, 1.807) is 0 Å². The first kappa shape index (κ1) is 13.6. The Balaban J connectivity index is 2.00. The number of aliphatic hydroxyl groups excluding tert-OH is 1. The summed E-state index contributed by atoms with van der Waals surface area (Å²) in [5.41, 5.74) is 2.28. The topological polar surface area (TPSA) is 47.3 Å². The summed E-state index contributed by atoms with van der Waals surface area (Å²) in [5.74, 6) is 0.379. The molecule has 1 aromatic heterocycles. The highest BCUT2D eigenvalue weighted by Crippen LogP contribution is 2.22. The molecule has 1 N–H and O–H groups in total. The molecule has 1 atom stereocenters. The van der Waals surface area contributed by atoms with Crippen molar-refractivity contribution in [1.29, 1.82) is 0 Å². The van der Waals surface area contributed by atoms with Gasteiger partial charge in [0.05, 0.1) is 11.8 Å². The molecule has 1 unspecified atom stereocenters. The monoisotopic (exact) mass is 252 g/mol. The Morgan fingerprint density at radius 2 is 2.17 bits per heavy atom. The van der Waals surface area contributed by atoms with E-state index in [0.717, 1.165) is 50.4 Å². The van der Waals surface area contributed by atoms with Crippen molar-refractivity contribution >= 4 is 0 Å². The quantitative estimate of drug-likeness (QED) is 0.869. The smallest absolute Gasteiger partial charge is 0.0625 e. The van der Waals surface area contributed by atoms with Crippen molar-refractivity contribution in [3.63, 3.8) is 0 Å². The molecule has 0 aromatic carbocycles. The predicted octanol–water partition coefficient (Wildman–Crippen LogP) is 1.80. The van der Waals surface area contributed by atoms with Gasteiger partial charge < -0.3 is 9.84 Å². The predicted molar refractivity (Wildman–Crippen MR) is 70.5 cm³/mol. The Hall–Kier alpha value is -0.870. The number of hydrogen-bond acceptors (Lipinski definition) is 3. The number of nitrogens with zero attached hydrogens (tertiary/aromatic N) is 2. The van der Waals surface area contributed by atoms with Crippen LogP contribution >= 0.6 is 0 Å². The molecule has 2 rings (SSSR count). The first-order chi connectivity index (χ1) is 8.74. The molecular formula is C14H24N2O2. The van der Waals surface area contributed by atoms with Crippen LogP contribution in [0.25, 0.3) is 0 Å². The lowest BCUT2D eigenvalue weighted by molar-refractivity contribution is 0.00771. The van der Waals surface area contributed by atoms with Crippen LogP contribution in [-0.2, 0) is 24.1 Å². The van der Waals surface area contributed by atoms with Crippen molar-refractivity contribution in [2.45, 2.75) is 52.2 Å². The molecule has 1 aliphatic rings. The first-order valence-corrected chi connectivity index (χ1v) is 7.06. The number of ether oxygens (including phenoxy) is 1. The average molecular weight is 252 g/mol. The van der Waals surface area contributed by atoms with Gasteiger partial charge in [-0.25, -0.2) is 0 Å². The summed E-state index contributed by atoms with van der Waals surface area (Å²) < 4.78 is 7.35. The second-order valence-corrected chi connectivity index (χ2v) is 5.02. The fraction of sp³-hybridized carbons (Fsp3) is 0.786. The zero-order chi connectivity index (χ0) is 13.0. The number of rotatable bonds is 5. The maximum absolute atomic E-state index is 10.3. The molecule has 2 heterocycles. The Bertz CT molecular complexity index is 370. The molecule has 0 aliphatic carbocycles. The van der Waals surface area contributed by atoms with Crippen LogP contribution in [0.1, 0.15) is 38.1 Å². The summed E-state index contributed by atoms with van der Waals surface area (Å²) in [6.07, 6.45) is 3.35. The van der Waals surface area contributed by atoms with Gasteiger partial charge in [0.15, 0.2) is 0 Å².